The summed E-state index contributed by atoms with van der Waals surface area (Å²) < 4.78 is 0. The van der Waals surface area contributed by atoms with Crippen LogP contribution < -0.4 is 5.73 Å². The second-order valence-corrected chi connectivity index (χ2v) is 3.06. The Balaban J connectivity index is 2.60. The molecular formula is C9H7N5. The van der Waals surface area contributed by atoms with E-state index < -0.39 is 0 Å². The molecule has 68 valence electrons. The van der Waals surface area contributed by atoms with Crippen molar-refractivity contribution in [1.29, 1.82) is 0 Å². The summed E-state index contributed by atoms with van der Waals surface area (Å²) in [6, 6.07) is 3.89. The van der Waals surface area contributed by atoms with E-state index in [9.17, 15) is 0 Å². The molecule has 14 heavy (non-hydrogen) atoms. The van der Waals surface area contributed by atoms with Crippen molar-refractivity contribution >= 4 is 27.8 Å². The van der Waals surface area contributed by atoms with E-state index in [-0.39, 0.29) is 5.95 Å². The number of aromatic nitrogens is 4. The third-order valence-electron chi connectivity index (χ3n) is 2.19. The van der Waals surface area contributed by atoms with E-state index in [0.717, 1.165) is 21.8 Å². The molecule has 5 nitrogen and oxygen atoms in total. The zero-order valence-electron chi connectivity index (χ0n) is 7.23. The van der Waals surface area contributed by atoms with E-state index >= 15 is 0 Å². The van der Waals surface area contributed by atoms with Crippen molar-refractivity contribution in [2.24, 2.45) is 0 Å². The highest BCUT2D eigenvalue weighted by Crippen LogP contribution is 2.21. The lowest BCUT2D eigenvalue weighted by atomic mass is 10.2. The zero-order valence-corrected chi connectivity index (χ0v) is 7.23. The summed E-state index contributed by atoms with van der Waals surface area (Å²) in [7, 11) is 0. The Morgan fingerprint density at radius 2 is 2.14 bits per heavy atom. The minimum absolute atomic E-state index is 0.284. The number of hydrogen-bond donors (Lipinski definition) is 2. The topological polar surface area (TPSA) is 80.5 Å². The van der Waals surface area contributed by atoms with Gasteiger partial charge in [-0.05, 0) is 12.1 Å². The van der Waals surface area contributed by atoms with Crippen LogP contribution in [0.4, 0.5) is 5.95 Å². The first-order valence-corrected chi connectivity index (χ1v) is 4.19. The van der Waals surface area contributed by atoms with Gasteiger partial charge in [0.25, 0.3) is 0 Å². The number of nitrogens with two attached hydrogens (primary N) is 1. The second kappa shape index (κ2) is 2.41. The SMILES string of the molecule is Nc1ncc2ccc3[nH]ncc3c2n1. The van der Waals surface area contributed by atoms with Crippen molar-refractivity contribution in [3.05, 3.63) is 24.5 Å². The van der Waals surface area contributed by atoms with E-state index in [1.807, 2.05) is 12.1 Å². The lowest BCUT2D eigenvalue weighted by molar-refractivity contribution is 1.12. The van der Waals surface area contributed by atoms with Gasteiger partial charge in [-0.3, -0.25) is 5.10 Å². The lowest BCUT2D eigenvalue weighted by Crippen LogP contribution is -1.93. The van der Waals surface area contributed by atoms with Gasteiger partial charge in [-0.1, -0.05) is 0 Å². The summed E-state index contributed by atoms with van der Waals surface area (Å²) in [5.41, 5.74) is 7.32. The van der Waals surface area contributed by atoms with E-state index in [0.29, 0.717) is 0 Å². The standard InChI is InChI=1S/C9H7N5/c10-9-11-3-5-1-2-7-6(4-12-14-7)8(5)13-9/h1-4H,(H,12,14)(H2,10,11,13). The van der Waals surface area contributed by atoms with Crippen molar-refractivity contribution in [3.63, 3.8) is 0 Å². The Bertz CT molecular complexity index is 613. The second-order valence-electron chi connectivity index (χ2n) is 3.06. The summed E-state index contributed by atoms with van der Waals surface area (Å²) in [6.45, 7) is 0. The quantitative estimate of drug-likeness (QED) is 0.549. The molecule has 0 radical (unpaired) electrons. The summed E-state index contributed by atoms with van der Waals surface area (Å²) in [5, 5.41) is 8.77. The number of nitrogens with one attached hydrogen (secondary N) is 1. The molecule has 0 amide bonds. The number of fused-ring (bicyclic) bond motifs is 3. The molecule has 0 aliphatic rings. The van der Waals surface area contributed by atoms with Crippen molar-refractivity contribution in [3.8, 4) is 0 Å². The van der Waals surface area contributed by atoms with Crippen LogP contribution in [-0.4, -0.2) is 20.2 Å². The van der Waals surface area contributed by atoms with Crippen molar-refractivity contribution in [2.75, 3.05) is 5.73 Å². The lowest BCUT2D eigenvalue weighted by Gasteiger charge is -1.98. The Labute approximate surface area is 79.0 Å². The Morgan fingerprint density at radius 3 is 3.07 bits per heavy atom. The van der Waals surface area contributed by atoms with Gasteiger partial charge >= 0.3 is 0 Å². The van der Waals surface area contributed by atoms with Crippen LogP contribution in [0.3, 0.4) is 0 Å². The molecule has 0 aliphatic carbocycles. The number of benzene rings is 1. The van der Waals surface area contributed by atoms with Gasteiger partial charge in [0.15, 0.2) is 0 Å². The van der Waals surface area contributed by atoms with E-state index in [4.69, 9.17) is 5.73 Å². The van der Waals surface area contributed by atoms with Gasteiger partial charge in [-0.2, -0.15) is 5.10 Å². The first-order chi connectivity index (χ1) is 6.84. The number of nitrogens with zero attached hydrogens (tertiary/aromatic N) is 3. The molecule has 0 saturated carbocycles. The van der Waals surface area contributed by atoms with Crippen LogP contribution in [0.15, 0.2) is 24.5 Å². The van der Waals surface area contributed by atoms with Crippen LogP contribution in [-0.2, 0) is 0 Å². The summed E-state index contributed by atoms with van der Waals surface area (Å²) in [4.78, 5) is 8.12. The molecular weight excluding hydrogens is 178 g/mol. The predicted octanol–water partition coefficient (Wildman–Crippen LogP) is 1.09. The van der Waals surface area contributed by atoms with Crippen LogP contribution in [0.25, 0.3) is 21.8 Å². The molecule has 0 unspecified atom stereocenters. The molecule has 5 heteroatoms. The molecule has 2 aromatic heterocycles. The molecule has 0 aliphatic heterocycles. The van der Waals surface area contributed by atoms with Gasteiger partial charge in [-0.25, -0.2) is 9.97 Å². The highest BCUT2D eigenvalue weighted by molar-refractivity contribution is 6.03. The summed E-state index contributed by atoms with van der Waals surface area (Å²) in [5.74, 6) is 0.284. The van der Waals surface area contributed by atoms with E-state index in [2.05, 4.69) is 20.2 Å². The largest absolute Gasteiger partial charge is 0.368 e. The first kappa shape index (κ1) is 7.25. The number of hydrogen-bond acceptors (Lipinski definition) is 4. The van der Waals surface area contributed by atoms with Crippen LogP contribution in [0, 0.1) is 0 Å². The Hall–Kier alpha value is -2.17. The Kier molecular flexibility index (Phi) is 1.25. The van der Waals surface area contributed by atoms with Crippen LogP contribution in [0.2, 0.25) is 0 Å². The van der Waals surface area contributed by atoms with Gasteiger partial charge < -0.3 is 5.73 Å². The number of nitrogen functional groups attached to an aromatic ring is 1. The van der Waals surface area contributed by atoms with Gasteiger partial charge in [-0.15, -0.1) is 0 Å². The number of aromatic amines is 1. The fourth-order valence-electron chi connectivity index (χ4n) is 1.53. The minimum atomic E-state index is 0.284. The molecule has 3 aromatic rings. The van der Waals surface area contributed by atoms with Crippen LogP contribution >= 0.6 is 0 Å². The third-order valence-corrected chi connectivity index (χ3v) is 2.19. The van der Waals surface area contributed by atoms with E-state index in [1.165, 1.54) is 0 Å². The van der Waals surface area contributed by atoms with Crippen LogP contribution in [0.5, 0.6) is 0 Å². The van der Waals surface area contributed by atoms with Crippen molar-refractivity contribution in [2.45, 2.75) is 0 Å². The molecule has 0 bridgehead atoms. The fraction of sp³-hybridized carbons (Fsp3) is 0. The molecule has 0 atom stereocenters. The number of rotatable bonds is 0. The summed E-state index contributed by atoms with van der Waals surface area (Å²) in [6.07, 6.45) is 3.45. The normalized spacial score (nSPS) is 11.1. The third kappa shape index (κ3) is 0.861. The molecule has 0 saturated heterocycles. The minimum Gasteiger partial charge on any atom is -0.368 e. The van der Waals surface area contributed by atoms with Crippen molar-refractivity contribution in [1.82, 2.24) is 20.2 Å². The number of anilines is 1. The molecule has 3 N–H and O–H groups in total. The molecule has 2 heterocycles. The van der Waals surface area contributed by atoms with Gasteiger partial charge in [0.1, 0.15) is 0 Å². The molecule has 0 fully saturated rings. The molecule has 0 spiro atoms. The van der Waals surface area contributed by atoms with Gasteiger partial charge in [0.2, 0.25) is 5.95 Å². The number of H-pyrrole nitrogens is 1. The average molecular weight is 185 g/mol. The molecule has 3 rings (SSSR count). The summed E-state index contributed by atoms with van der Waals surface area (Å²) >= 11 is 0. The first-order valence-electron chi connectivity index (χ1n) is 4.19. The smallest absolute Gasteiger partial charge is 0.220 e. The van der Waals surface area contributed by atoms with E-state index in [1.54, 1.807) is 12.4 Å². The average Bonchev–Trinajstić information content (AvgIpc) is 2.65. The monoisotopic (exact) mass is 185 g/mol. The highest BCUT2D eigenvalue weighted by Gasteiger charge is 2.03. The maximum atomic E-state index is 5.53. The van der Waals surface area contributed by atoms with Gasteiger partial charge in [0.05, 0.1) is 17.2 Å². The predicted molar refractivity (Wildman–Crippen MR) is 53.6 cm³/mol. The fourth-order valence-corrected chi connectivity index (χ4v) is 1.53. The van der Waals surface area contributed by atoms with Crippen LogP contribution in [0.1, 0.15) is 0 Å². The highest BCUT2D eigenvalue weighted by atomic mass is 15.1. The zero-order chi connectivity index (χ0) is 9.54. The maximum Gasteiger partial charge on any atom is 0.220 e. The maximum absolute atomic E-state index is 5.53. The molecule has 1 aromatic carbocycles. The van der Waals surface area contributed by atoms with Crippen molar-refractivity contribution < 1.29 is 0 Å². The Morgan fingerprint density at radius 1 is 1.21 bits per heavy atom. The van der Waals surface area contributed by atoms with Gasteiger partial charge in [0, 0.05) is 17.0 Å².